The Hall–Kier alpha value is -1.67. The summed E-state index contributed by atoms with van der Waals surface area (Å²) in [6.07, 6.45) is 0. The van der Waals surface area contributed by atoms with E-state index in [9.17, 15) is 5.11 Å². The Labute approximate surface area is 112 Å². The van der Waals surface area contributed by atoms with Crippen LogP contribution < -0.4 is 5.32 Å². The van der Waals surface area contributed by atoms with Crippen LogP contribution >= 0.6 is 11.6 Å². The van der Waals surface area contributed by atoms with Crippen molar-refractivity contribution < 1.29 is 5.11 Å². The van der Waals surface area contributed by atoms with Crippen molar-refractivity contribution in [3.8, 4) is 5.75 Å². The summed E-state index contributed by atoms with van der Waals surface area (Å²) in [5.41, 5.74) is 2.79. The molecule has 0 aliphatic rings. The van der Waals surface area contributed by atoms with Gasteiger partial charge in [0.1, 0.15) is 5.75 Å². The SMILES string of the molecule is Cc1ccc(NC(C)c2ccccc2Cl)cc1O. The second kappa shape index (κ2) is 5.32. The molecule has 2 rings (SSSR count). The summed E-state index contributed by atoms with van der Waals surface area (Å²) in [5, 5.41) is 13.7. The number of phenols is 1. The van der Waals surface area contributed by atoms with Crippen molar-refractivity contribution in [2.45, 2.75) is 19.9 Å². The van der Waals surface area contributed by atoms with Crippen LogP contribution in [0.15, 0.2) is 42.5 Å². The van der Waals surface area contributed by atoms with E-state index in [1.54, 1.807) is 6.07 Å². The van der Waals surface area contributed by atoms with Crippen LogP contribution in [0.2, 0.25) is 5.02 Å². The van der Waals surface area contributed by atoms with Gasteiger partial charge in [0.25, 0.3) is 0 Å². The van der Waals surface area contributed by atoms with Gasteiger partial charge in [-0.1, -0.05) is 35.9 Å². The van der Waals surface area contributed by atoms with E-state index in [0.29, 0.717) is 5.75 Å². The van der Waals surface area contributed by atoms with Crippen molar-refractivity contribution in [1.29, 1.82) is 0 Å². The molecule has 0 aliphatic carbocycles. The summed E-state index contributed by atoms with van der Waals surface area (Å²) < 4.78 is 0. The van der Waals surface area contributed by atoms with E-state index in [1.165, 1.54) is 0 Å². The van der Waals surface area contributed by atoms with Crippen molar-refractivity contribution >= 4 is 17.3 Å². The van der Waals surface area contributed by atoms with Gasteiger partial charge >= 0.3 is 0 Å². The van der Waals surface area contributed by atoms with Gasteiger partial charge in [-0.05, 0) is 37.1 Å². The molecule has 1 atom stereocenters. The summed E-state index contributed by atoms with van der Waals surface area (Å²) in [5.74, 6) is 0.298. The van der Waals surface area contributed by atoms with Crippen LogP contribution in [0.1, 0.15) is 24.1 Å². The van der Waals surface area contributed by atoms with Crippen molar-refractivity contribution in [1.82, 2.24) is 0 Å². The van der Waals surface area contributed by atoms with E-state index < -0.39 is 0 Å². The first-order valence-corrected chi connectivity index (χ1v) is 6.26. The van der Waals surface area contributed by atoms with Crippen LogP contribution in [0.25, 0.3) is 0 Å². The predicted molar refractivity (Wildman–Crippen MR) is 76.3 cm³/mol. The third kappa shape index (κ3) is 2.77. The number of benzene rings is 2. The van der Waals surface area contributed by atoms with Gasteiger partial charge in [-0.2, -0.15) is 0 Å². The van der Waals surface area contributed by atoms with Gasteiger partial charge in [-0.25, -0.2) is 0 Å². The standard InChI is InChI=1S/C15H16ClNO/c1-10-7-8-12(9-15(10)18)17-11(2)13-5-3-4-6-14(13)16/h3-9,11,17-18H,1-2H3. The fourth-order valence-corrected chi connectivity index (χ4v) is 2.15. The quantitative estimate of drug-likeness (QED) is 0.851. The average Bonchev–Trinajstić information content (AvgIpc) is 2.34. The minimum absolute atomic E-state index is 0.0841. The highest BCUT2D eigenvalue weighted by molar-refractivity contribution is 6.31. The van der Waals surface area contributed by atoms with Gasteiger partial charge < -0.3 is 10.4 Å². The summed E-state index contributed by atoms with van der Waals surface area (Å²) in [4.78, 5) is 0. The van der Waals surface area contributed by atoms with Crippen LogP contribution in [-0.4, -0.2) is 5.11 Å². The molecule has 2 nitrogen and oxygen atoms in total. The van der Waals surface area contributed by atoms with Crippen molar-refractivity contribution in [2.75, 3.05) is 5.32 Å². The molecule has 0 bridgehead atoms. The molecule has 2 N–H and O–H groups in total. The number of aromatic hydroxyl groups is 1. The molecule has 0 spiro atoms. The molecule has 0 aliphatic heterocycles. The van der Waals surface area contributed by atoms with Crippen molar-refractivity contribution in [2.24, 2.45) is 0 Å². The Morgan fingerprint density at radius 2 is 1.89 bits per heavy atom. The molecule has 0 fully saturated rings. The number of nitrogens with one attached hydrogen (secondary N) is 1. The van der Waals surface area contributed by atoms with Crippen molar-refractivity contribution in [3.63, 3.8) is 0 Å². The first-order valence-electron chi connectivity index (χ1n) is 5.88. The Morgan fingerprint density at radius 1 is 1.17 bits per heavy atom. The second-order valence-electron chi connectivity index (χ2n) is 4.39. The van der Waals surface area contributed by atoms with Gasteiger partial charge in [0.05, 0.1) is 0 Å². The van der Waals surface area contributed by atoms with Gasteiger partial charge in [0.2, 0.25) is 0 Å². The lowest BCUT2D eigenvalue weighted by Gasteiger charge is -2.17. The van der Waals surface area contributed by atoms with E-state index in [2.05, 4.69) is 5.32 Å². The largest absolute Gasteiger partial charge is 0.508 e. The molecule has 0 saturated heterocycles. The van der Waals surface area contributed by atoms with Gasteiger partial charge in [-0.3, -0.25) is 0 Å². The molecule has 2 aromatic rings. The topological polar surface area (TPSA) is 32.3 Å². The zero-order valence-electron chi connectivity index (χ0n) is 10.4. The lowest BCUT2D eigenvalue weighted by molar-refractivity contribution is 0.471. The lowest BCUT2D eigenvalue weighted by atomic mass is 10.1. The summed E-state index contributed by atoms with van der Waals surface area (Å²) >= 11 is 6.15. The number of rotatable bonds is 3. The maximum atomic E-state index is 9.67. The second-order valence-corrected chi connectivity index (χ2v) is 4.80. The van der Waals surface area contributed by atoms with Crippen LogP contribution in [0, 0.1) is 6.92 Å². The molecule has 0 radical (unpaired) electrons. The number of hydrogen-bond donors (Lipinski definition) is 2. The smallest absolute Gasteiger partial charge is 0.120 e. The third-order valence-corrected chi connectivity index (χ3v) is 3.31. The molecule has 3 heteroatoms. The highest BCUT2D eigenvalue weighted by atomic mass is 35.5. The van der Waals surface area contributed by atoms with E-state index >= 15 is 0 Å². The summed E-state index contributed by atoms with van der Waals surface area (Å²) in [7, 11) is 0. The zero-order chi connectivity index (χ0) is 13.1. The molecular formula is C15H16ClNO. The Bertz CT molecular complexity index is 554. The van der Waals surface area contributed by atoms with Crippen molar-refractivity contribution in [3.05, 3.63) is 58.6 Å². The molecular weight excluding hydrogens is 246 g/mol. The molecule has 0 aromatic heterocycles. The van der Waals surface area contributed by atoms with Gasteiger partial charge in [0, 0.05) is 22.8 Å². The lowest BCUT2D eigenvalue weighted by Crippen LogP contribution is -2.07. The first-order chi connectivity index (χ1) is 8.58. The Morgan fingerprint density at radius 3 is 2.56 bits per heavy atom. The van der Waals surface area contributed by atoms with Crippen LogP contribution in [-0.2, 0) is 0 Å². The predicted octanol–water partition coefficient (Wildman–Crippen LogP) is 4.53. The molecule has 2 aromatic carbocycles. The number of halogens is 1. The van der Waals surface area contributed by atoms with E-state index in [1.807, 2.05) is 50.2 Å². The van der Waals surface area contributed by atoms with E-state index in [4.69, 9.17) is 11.6 Å². The normalized spacial score (nSPS) is 12.2. The number of anilines is 1. The Kier molecular flexibility index (Phi) is 3.78. The maximum absolute atomic E-state index is 9.67. The number of hydrogen-bond acceptors (Lipinski definition) is 2. The molecule has 1 unspecified atom stereocenters. The first kappa shape index (κ1) is 12.8. The monoisotopic (exact) mass is 261 g/mol. The minimum atomic E-state index is 0.0841. The fraction of sp³-hybridized carbons (Fsp3) is 0.200. The van der Waals surface area contributed by atoms with Crippen LogP contribution in [0.3, 0.4) is 0 Å². The number of phenolic OH excluding ortho intramolecular Hbond substituents is 1. The van der Waals surface area contributed by atoms with Gasteiger partial charge in [0.15, 0.2) is 0 Å². The molecule has 0 heterocycles. The maximum Gasteiger partial charge on any atom is 0.120 e. The highest BCUT2D eigenvalue weighted by Crippen LogP contribution is 2.27. The van der Waals surface area contributed by atoms with E-state index in [-0.39, 0.29) is 6.04 Å². The number of aryl methyl sites for hydroxylation is 1. The fourth-order valence-electron chi connectivity index (χ4n) is 1.85. The molecule has 94 valence electrons. The zero-order valence-corrected chi connectivity index (χ0v) is 11.2. The molecule has 0 amide bonds. The molecule has 0 saturated carbocycles. The summed E-state index contributed by atoms with van der Waals surface area (Å²) in [6, 6.07) is 13.4. The van der Waals surface area contributed by atoms with Crippen LogP contribution in [0.4, 0.5) is 5.69 Å². The average molecular weight is 262 g/mol. The Balaban J connectivity index is 2.19. The highest BCUT2D eigenvalue weighted by Gasteiger charge is 2.09. The molecule has 18 heavy (non-hydrogen) atoms. The van der Waals surface area contributed by atoms with Crippen LogP contribution in [0.5, 0.6) is 5.75 Å². The van der Waals surface area contributed by atoms with Gasteiger partial charge in [-0.15, -0.1) is 0 Å². The summed E-state index contributed by atoms with van der Waals surface area (Å²) in [6.45, 7) is 3.91. The third-order valence-electron chi connectivity index (χ3n) is 2.96. The van der Waals surface area contributed by atoms with E-state index in [0.717, 1.165) is 21.8 Å². The minimum Gasteiger partial charge on any atom is -0.508 e.